The van der Waals surface area contributed by atoms with Crippen molar-refractivity contribution < 1.29 is 4.79 Å². The molecular formula is C11H9BrClN3O. The molecule has 1 aromatic heterocycles. The van der Waals surface area contributed by atoms with E-state index >= 15 is 0 Å². The fourth-order valence-corrected chi connectivity index (χ4v) is 2.08. The molecule has 0 saturated heterocycles. The molecule has 0 atom stereocenters. The van der Waals surface area contributed by atoms with Gasteiger partial charge in [0.05, 0.1) is 16.8 Å². The van der Waals surface area contributed by atoms with Crippen LogP contribution in [0.15, 0.2) is 35.1 Å². The summed E-state index contributed by atoms with van der Waals surface area (Å²) in [6.07, 6.45) is 3.38. The van der Waals surface area contributed by atoms with Gasteiger partial charge in [-0.3, -0.25) is 9.89 Å². The Morgan fingerprint density at radius 1 is 1.53 bits per heavy atom. The highest BCUT2D eigenvalue weighted by atomic mass is 79.9. The van der Waals surface area contributed by atoms with Gasteiger partial charge in [0.15, 0.2) is 0 Å². The molecule has 1 amide bonds. The van der Waals surface area contributed by atoms with Crippen LogP contribution in [-0.2, 0) is 6.54 Å². The van der Waals surface area contributed by atoms with Crippen LogP contribution in [-0.4, -0.2) is 16.1 Å². The topological polar surface area (TPSA) is 57.8 Å². The second-order valence-corrected chi connectivity index (χ2v) is 4.74. The first-order chi connectivity index (χ1) is 8.16. The first-order valence-electron chi connectivity index (χ1n) is 4.88. The minimum Gasteiger partial charge on any atom is -0.348 e. The first kappa shape index (κ1) is 12.1. The van der Waals surface area contributed by atoms with Crippen molar-refractivity contribution in [3.05, 3.63) is 51.2 Å². The number of amides is 1. The predicted molar refractivity (Wildman–Crippen MR) is 68.9 cm³/mol. The van der Waals surface area contributed by atoms with E-state index in [1.165, 1.54) is 0 Å². The van der Waals surface area contributed by atoms with Crippen LogP contribution in [0.25, 0.3) is 0 Å². The van der Waals surface area contributed by atoms with Crippen molar-refractivity contribution in [2.24, 2.45) is 0 Å². The number of nitrogens with one attached hydrogen (secondary N) is 2. The molecule has 0 aliphatic heterocycles. The van der Waals surface area contributed by atoms with Gasteiger partial charge in [-0.2, -0.15) is 5.10 Å². The Hall–Kier alpha value is -1.33. The lowest BCUT2D eigenvalue weighted by Gasteiger charge is -2.05. The van der Waals surface area contributed by atoms with E-state index in [0.29, 0.717) is 17.1 Å². The molecule has 0 saturated carbocycles. The van der Waals surface area contributed by atoms with Crippen molar-refractivity contribution in [3.63, 3.8) is 0 Å². The van der Waals surface area contributed by atoms with Crippen LogP contribution >= 0.6 is 27.5 Å². The van der Waals surface area contributed by atoms with Crippen molar-refractivity contribution in [3.8, 4) is 0 Å². The third-order valence-corrected chi connectivity index (χ3v) is 2.99. The summed E-state index contributed by atoms with van der Waals surface area (Å²) in [4.78, 5) is 11.8. The van der Waals surface area contributed by atoms with Crippen LogP contribution in [0.2, 0.25) is 5.02 Å². The molecular weight excluding hydrogens is 305 g/mol. The maximum Gasteiger partial charge on any atom is 0.253 e. The van der Waals surface area contributed by atoms with Gasteiger partial charge in [0.1, 0.15) is 0 Å². The number of halogens is 2. The minimum absolute atomic E-state index is 0.205. The molecule has 88 valence electrons. The third-order valence-electron chi connectivity index (χ3n) is 2.18. The van der Waals surface area contributed by atoms with Crippen molar-refractivity contribution in [2.45, 2.75) is 6.54 Å². The number of rotatable bonds is 3. The molecule has 2 N–H and O–H groups in total. The number of hydrogen-bond donors (Lipinski definition) is 2. The second-order valence-electron chi connectivity index (χ2n) is 3.41. The molecule has 17 heavy (non-hydrogen) atoms. The second kappa shape index (κ2) is 5.33. The summed E-state index contributed by atoms with van der Waals surface area (Å²) < 4.78 is 0.842. The monoisotopic (exact) mass is 313 g/mol. The number of aromatic amines is 1. The van der Waals surface area contributed by atoms with E-state index in [4.69, 9.17) is 11.6 Å². The highest BCUT2D eigenvalue weighted by Gasteiger charge is 2.10. The van der Waals surface area contributed by atoms with E-state index in [1.54, 1.807) is 30.6 Å². The number of carbonyl (C=O) groups is 1. The molecule has 0 bridgehead atoms. The first-order valence-corrected chi connectivity index (χ1v) is 6.05. The number of hydrogen-bond acceptors (Lipinski definition) is 2. The van der Waals surface area contributed by atoms with Crippen LogP contribution in [0.4, 0.5) is 0 Å². The predicted octanol–water partition coefficient (Wildman–Crippen LogP) is 2.76. The lowest BCUT2D eigenvalue weighted by Crippen LogP contribution is -2.22. The average molecular weight is 315 g/mol. The maximum absolute atomic E-state index is 11.8. The number of benzene rings is 1. The minimum atomic E-state index is -0.205. The number of nitrogens with zero attached hydrogens (tertiary/aromatic N) is 1. The Labute approximate surface area is 111 Å². The molecule has 0 spiro atoms. The zero-order chi connectivity index (χ0) is 12.3. The molecule has 0 aliphatic rings. The Morgan fingerprint density at radius 3 is 3.00 bits per heavy atom. The SMILES string of the molecule is O=C(NCc1cn[nH]c1)c1ccc(Br)cc1Cl. The maximum atomic E-state index is 11.8. The van der Waals surface area contributed by atoms with Crippen LogP contribution in [0.5, 0.6) is 0 Å². The van der Waals surface area contributed by atoms with E-state index in [9.17, 15) is 4.79 Å². The lowest BCUT2D eigenvalue weighted by atomic mass is 10.2. The van der Waals surface area contributed by atoms with Gasteiger partial charge in [-0.25, -0.2) is 0 Å². The summed E-state index contributed by atoms with van der Waals surface area (Å²) in [5.74, 6) is -0.205. The summed E-state index contributed by atoms with van der Waals surface area (Å²) in [6.45, 7) is 0.418. The van der Waals surface area contributed by atoms with E-state index in [1.807, 2.05) is 0 Å². The summed E-state index contributed by atoms with van der Waals surface area (Å²) in [5.41, 5.74) is 1.37. The molecule has 1 aromatic carbocycles. The summed E-state index contributed by atoms with van der Waals surface area (Å²) in [5, 5.41) is 9.66. The lowest BCUT2D eigenvalue weighted by molar-refractivity contribution is 0.0951. The Bertz CT molecular complexity index is 528. The van der Waals surface area contributed by atoms with Gasteiger partial charge in [-0.15, -0.1) is 0 Å². The molecule has 0 aliphatic carbocycles. The zero-order valence-electron chi connectivity index (χ0n) is 8.71. The van der Waals surface area contributed by atoms with Crippen molar-refractivity contribution in [2.75, 3.05) is 0 Å². The fourth-order valence-electron chi connectivity index (χ4n) is 1.33. The third kappa shape index (κ3) is 3.08. The van der Waals surface area contributed by atoms with Gasteiger partial charge in [0.25, 0.3) is 5.91 Å². The Morgan fingerprint density at radius 2 is 2.35 bits per heavy atom. The molecule has 1 heterocycles. The van der Waals surface area contributed by atoms with Crippen LogP contribution in [0.3, 0.4) is 0 Å². The van der Waals surface area contributed by atoms with Gasteiger partial charge in [-0.05, 0) is 18.2 Å². The van der Waals surface area contributed by atoms with Gasteiger partial charge in [0, 0.05) is 22.8 Å². The van der Waals surface area contributed by atoms with E-state index in [2.05, 4.69) is 31.4 Å². The molecule has 4 nitrogen and oxygen atoms in total. The Kier molecular flexibility index (Phi) is 3.81. The molecule has 0 fully saturated rings. The van der Waals surface area contributed by atoms with Gasteiger partial charge < -0.3 is 5.32 Å². The molecule has 0 unspecified atom stereocenters. The van der Waals surface area contributed by atoms with Crippen LogP contribution in [0.1, 0.15) is 15.9 Å². The average Bonchev–Trinajstić information content (AvgIpc) is 2.78. The van der Waals surface area contributed by atoms with Gasteiger partial charge >= 0.3 is 0 Å². The summed E-state index contributed by atoms with van der Waals surface area (Å²) >= 11 is 9.26. The van der Waals surface area contributed by atoms with Gasteiger partial charge in [0.2, 0.25) is 0 Å². The smallest absolute Gasteiger partial charge is 0.253 e. The van der Waals surface area contributed by atoms with E-state index in [0.717, 1.165) is 10.0 Å². The molecule has 0 radical (unpaired) electrons. The quantitative estimate of drug-likeness (QED) is 0.915. The summed E-state index contributed by atoms with van der Waals surface area (Å²) in [7, 11) is 0. The van der Waals surface area contributed by atoms with E-state index < -0.39 is 0 Å². The molecule has 6 heteroatoms. The summed E-state index contributed by atoms with van der Waals surface area (Å²) in [6, 6.07) is 5.14. The van der Waals surface area contributed by atoms with Crippen molar-refractivity contribution in [1.82, 2.24) is 15.5 Å². The Balaban J connectivity index is 2.04. The molecule has 2 rings (SSSR count). The van der Waals surface area contributed by atoms with Crippen LogP contribution < -0.4 is 5.32 Å². The fraction of sp³-hybridized carbons (Fsp3) is 0.0909. The number of carbonyl (C=O) groups excluding carboxylic acids is 1. The largest absolute Gasteiger partial charge is 0.348 e. The highest BCUT2D eigenvalue weighted by Crippen LogP contribution is 2.21. The number of aromatic nitrogens is 2. The van der Waals surface area contributed by atoms with Gasteiger partial charge in [-0.1, -0.05) is 27.5 Å². The van der Waals surface area contributed by atoms with Crippen LogP contribution in [0, 0.1) is 0 Å². The normalized spacial score (nSPS) is 10.2. The number of H-pyrrole nitrogens is 1. The molecule has 2 aromatic rings. The highest BCUT2D eigenvalue weighted by molar-refractivity contribution is 9.10. The van der Waals surface area contributed by atoms with Crippen molar-refractivity contribution in [1.29, 1.82) is 0 Å². The van der Waals surface area contributed by atoms with Crippen molar-refractivity contribution >= 4 is 33.4 Å². The standard InChI is InChI=1S/C11H9BrClN3O/c12-8-1-2-9(10(13)3-8)11(17)14-4-7-5-15-16-6-7/h1-3,5-6H,4H2,(H,14,17)(H,15,16). The van der Waals surface area contributed by atoms with E-state index in [-0.39, 0.29) is 5.91 Å². The zero-order valence-corrected chi connectivity index (χ0v) is 11.0.